The van der Waals surface area contributed by atoms with Gasteiger partial charge < -0.3 is 15.4 Å². The molecule has 0 unspecified atom stereocenters. The van der Waals surface area contributed by atoms with Gasteiger partial charge in [0, 0.05) is 24.7 Å². The third kappa shape index (κ3) is 4.37. The van der Waals surface area contributed by atoms with Crippen molar-refractivity contribution in [3.8, 4) is 11.4 Å². The molecule has 0 aliphatic carbocycles. The van der Waals surface area contributed by atoms with Gasteiger partial charge in [0.05, 0.1) is 37.2 Å². The number of aromatic nitrogens is 3. The maximum Gasteiger partial charge on any atom is 0.323 e. The fraction of sp³-hybridized carbons (Fsp3) is 0.263. The van der Waals surface area contributed by atoms with Crippen LogP contribution in [0, 0.1) is 0 Å². The average Bonchev–Trinajstić information content (AvgIpc) is 3.47. The summed E-state index contributed by atoms with van der Waals surface area (Å²) in [5.74, 6) is 0.635. The number of methoxy groups -OCH3 is 1. The fourth-order valence-electron chi connectivity index (χ4n) is 2.91. The summed E-state index contributed by atoms with van der Waals surface area (Å²) in [5.41, 5.74) is 2.30. The van der Waals surface area contributed by atoms with Crippen LogP contribution in [-0.4, -0.2) is 46.9 Å². The largest absolute Gasteiger partial charge is 0.497 e. The van der Waals surface area contributed by atoms with Crippen LogP contribution in [0.25, 0.3) is 5.69 Å². The predicted molar refractivity (Wildman–Crippen MR) is 109 cm³/mol. The second kappa shape index (κ2) is 8.31. The fourth-order valence-corrected chi connectivity index (χ4v) is 3.76. The average molecular weight is 412 g/mol. The van der Waals surface area contributed by atoms with Gasteiger partial charge in [-0.05, 0) is 30.3 Å². The Morgan fingerprint density at radius 3 is 2.83 bits per heavy atom. The van der Waals surface area contributed by atoms with Gasteiger partial charge in [-0.1, -0.05) is 0 Å². The lowest BCUT2D eigenvalue weighted by Crippen LogP contribution is -2.28. The Balaban J connectivity index is 1.30. The van der Waals surface area contributed by atoms with Crippen LogP contribution in [0.2, 0.25) is 0 Å². The highest BCUT2D eigenvalue weighted by atomic mass is 32.1. The molecule has 2 N–H and O–H groups in total. The van der Waals surface area contributed by atoms with E-state index in [9.17, 15) is 9.59 Å². The minimum atomic E-state index is -0.150. The van der Waals surface area contributed by atoms with E-state index in [2.05, 4.69) is 20.7 Å². The second-order valence-corrected chi connectivity index (χ2v) is 7.24. The Labute approximate surface area is 171 Å². The lowest BCUT2D eigenvalue weighted by molar-refractivity contribution is -0.120. The van der Waals surface area contributed by atoms with Gasteiger partial charge in [-0.15, -0.1) is 11.3 Å². The molecule has 3 amide bonds. The molecule has 3 aromatic rings. The van der Waals surface area contributed by atoms with E-state index in [0.717, 1.165) is 17.1 Å². The molecule has 4 rings (SSSR count). The minimum absolute atomic E-state index is 0.147. The number of urea groups is 1. The van der Waals surface area contributed by atoms with E-state index in [0.29, 0.717) is 30.5 Å². The Hall–Kier alpha value is -3.40. The molecule has 150 valence electrons. The van der Waals surface area contributed by atoms with E-state index in [1.165, 1.54) is 11.3 Å². The van der Waals surface area contributed by atoms with Gasteiger partial charge in [-0.2, -0.15) is 5.10 Å². The summed E-state index contributed by atoms with van der Waals surface area (Å²) in [7, 11) is 1.62. The van der Waals surface area contributed by atoms with Gasteiger partial charge in [-0.25, -0.2) is 14.5 Å². The highest BCUT2D eigenvalue weighted by molar-refractivity contribution is 7.14. The SMILES string of the molecule is COc1ccc(-n2ccc(CNC(=O)Cc3csc(N4CCNC4=O)n3)n2)cc1. The molecule has 0 spiro atoms. The molecule has 1 aliphatic rings. The first-order valence-electron chi connectivity index (χ1n) is 9.08. The van der Waals surface area contributed by atoms with Gasteiger partial charge >= 0.3 is 6.03 Å². The number of carbonyl (C=O) groups excluding carboxylic acids is 2. The van der Waals surface area contributed by atoms with Crippen LogP contribution in [0.3, 0.4) is 0 Å². The number of rotatable bonds is 7. The number of benzene rings is 1. The summed E-state index contributed by atoms with van der Waals surface area (Å²) in [5, 5.41) is 12.5. The van der Waals surface area contributed by atoms with Crippen molar-refractivity contribution in [3.05, 3.63) is 53.3 Å². The molecule has 29 heavy (non-hydrogen) atoms. The zero-order valence-electron chi connectivity index (χ0n) is 15.8. The summed E-state index contributed by atoms with van der Waals surface area (Å²) in [6, 6.07) is 9.27. The van der Waals surface area contributed by atoms with Crippen LogP contribution in [0.15, 0.2) is 41.9 Å². The number of hydrogen-bond acceptors (Lipinski definition) is 6. The van der Waals surface area contributed by atoms with E-state index < -0.39 is 0 Å². The Kier molecular flexibility index (Phi) is 5.43. The first-order chi connectivity index (χ1) is 14.1. The van der Waals surface area contributed by atoms with Crippen molar-refractivity contribution < 1.29 is 14.3 Å². The Morgan fingerprint density at radius 2 is 2.10 bits per heavy atom. The zero-order chi connectivity index (χ0) is 20.2. The van der Waals surface area contributed by atoms with E-state index >= 15 is 0 Å². The van der Waals surface area contributed by atoms with Crippen LogP contribution in [0.4, 0.5) is 9.93 Å². The van der Waals surface area contributed by atoms with E-state index in [1.807, 2.05) is 36.5 Å². The summed E-state index contributed by atoms with van der Waals surface area (Å²) in [6.07, 6.45) is 2.00. The van der Waals surface area contributed by atoms with Crippen LogP contribution >= 0.6 is 11.3 Å². The first-order valence-corrected chi connectivity index (χ1v) is 9.96. The standard InChI is InChI=1S/C19H20N6O3S/c1-28-16-4-2-15(3-5-16)25-8-6-13(23-25)11-21-17(26)10-14-12-29-19(22-14)24-9-7-20-18(24)27/h2-6,8,12H,7,9-11H2,1H3,(H,20,27)(H,21,26). The number of amides is 3. The number of ether oxygens (including phenoxy) is 1. The Bertz CT molecular complexity index is 1010. The molecule has 10 heteroatoms. The van der Waals surface area contributed by atoms with Crippen molar-refractivity contribution in [2.45, 2.75) is 13.0 Å². The number of carbonyl (C=O) groups is 2. The van der Waals surface area contributed by atoms with E-state index in [1.54, 1.807) is 22.1 Å². The molecule has 1 aliphatic heterocycles. The highest BCUT2D eigenvalue weighted by Crippen LogP contribution is 2.22. The van der Waals surface area contributed by atoms with Gasteiger partial charge in [0.15, 0.2) is 5.13 Å². The molecule has 0 radical (unpaired) electrons. The minimum Gasteiger partial charge on any atom is -0.497 e. The summed E-state index contributed by atoms with van der Waals surface area (Å²) in [4.78, 5) is 29.9. The second-order valence-electron chi connectivity index (χ2n) is 6.41. The zero-order valence-corrected chi connectivity index (χ0v) is 16.6. The van der Waals surface area contributed by atoms with E-state index in [-0.39, 0.29) is 18.4 Å². The molecular weight excluding hydrogens is 392 g/mol. The monoisotopic (exact) mass is 412 g/mol. The number of nitrogens with zero attached hydrogens (tertiary/aromatic N) is 4. The Morgan fingerprint density at radius 1 is 1.28 bits per heavy atom. The number of thiazole rings is 1. The molecule has 9 nitrogen and oxygen atoms in total. The van der Waals surface area contributed by atoms with Crippen molar-refractivity contribution in [1.29, 1.82) is 0 Å². The van der Waals surface area contributed by atoms with Crippen molar-refractivity contribution in [1.82, 2.24) is 25.4 Å². The third-order valence-corrected chi connectivity index (χ3v) is 5.33. The molecule has 3 heterocycles. The van der Waals surface area contributed by atoms with Gasteiger partial charge in [-0.3, -0.25) is 9.69 Å². The lowest BCUT2D eigenvalue weighted by Gasteiger charge is -2.08. The smallest absolute Gasteiger partial charge is 0.323 e. The van der Waals surface area contributed by atoms with Crippen LogP contribution in [-0.2, 0) is 17.8 Å². The summed E-state index contributed by atoms with van der Waals surface area (Å²) in [6.45, 7) is 1.53. The maximum absolute atomic E-state index is 12.2. The maximum atomic E-state index is 12.2. The topological polar surface area (TPSA) is 101 Å². The summed E-state index contributed by atoms with van der Waals surface area (Å²) < 4.78 is 6.90. The van der Waals surface area contributed by atoms with Gasteiger partial charge in [0.1, 0.15) is 5.75 Å². The summed E-state index contributed by atoms with van der Waals surface area (Å²) >= 11 is 1.36. The third-order valence-electron chi connectivity index (χ3n) is 4.42. The molecule has 0 bridgehead atoms. The molecular formula is C19H20N6O3S. The normalized spacial score (nSPS) is 13.4. The number of nitrogens with one attached hydrogen (secondary N) is 2. The van der Waals surface area contributed by atoms with Crippen molar-refractivity contribution >= 4 is 28.4 Å². The molecule has 2 aromatic heterocycles. The highest BCUT2D eigenvalue weighted by Gasteiger charge is 2.24. The van der Waals surface area contributed by atoms with Crippen LogP contribution in [0.1, 0.15) is 11.4 Å². The lowest BCUT2D eigenvalue weighted by atomic mass is 10.3. The number of anilines is 1. The molecule has 1 aromatic carbocycles. The van der Waals surface area contributed by atoms with E-state index in [4.69, 9.17) is 4.74 Å². The van der Waals surface area contributed by atoms with Gasteiger partial charge in [0.2, 0.25) is 5.91 Å². The van der Waals surface area contributed by atoms with Crippen molar-refractivity contribution in [2.75, 3.05) is 25.1 Å². The van der Waals surface area contributed by atoms with Crippen molar-refractivity contribution in [3.63, 3.8) is 0 Å². The number of hydrogen-bond donors (Lipinski definition) is 2. The molecule has 1 saturated heterocycles. The predicted octanol–water partition coefficient (Wildman–Crippen LogP) is 1.73. The quantitative estimate of drug-likeness (QED) is 0.615. The van der Waals surface area contributed by atoms with Crippen LogP contribution < -0.4 is 20.3 Å². The molecule has 1 fully saturated rings. The van der Waals surface area contributed by atoms with Crippen molar-refractivity contribution in [2.24, 2.45) is 0 Å². The first kappa shape index (κ1) is 18.9. The van der Waals surface area contributed by atoms with Gasteiger partial charge in [0.25, 0.3) is 0 Å². The molecule has 0 saturated carbocycles. The van der Waals surface area contributed by atoms with Crippen LogP contribution in [0.5, 0.6) is 5.75 Å². The molecule has 0 atom stereocenters.